The Kier molecular flexibility index (Phi) is 4.02. The summed E-state index contributed by atoms with van der Waals surface area (Å²) in [6.45, 7) is -3.43. The summed E-state index contributed by atoms with van der Waals surface area (Å²) in [7, 11) is 0. The second-order valence-corrected chi connectivity index (χ2v) is 4.51. The topological polar surface area (TPSA) is 9.23 Å². The van der Waals surface area contributed by atoms with Crippen LogP contribution in [0, 0.1) is 12.7 Å². The lowest BCUT2D eigenvalue weighted by molar-refractivity contribution is 0.306. The predicted octanol–water partition coefficient (Wildman–Crippen LogP) is 3.77. The number of hydrogen-bond donors (Lipinski definition) is 0. The van der Waals surface area contributed by atoms with Crippen LogP contribution in [-0.2, 0) is 6.61 Å². The molecule has 0 aliphatic carbocycles. The summed E-state index contributed by atoms with van der Waals surface area (Å²) >= 11 is 0. The maximum Gasteiger partial charge on any atom is 0.509 e. The van der Waals surface area contributed by atoms with Gasteiger partial charge in [-0.25, -0.2) is 4.39 Å². The van der Waals surface area contributed by atoms with Crippen molar-refractivity contribution in [2.75, 3.05) is 0 Å². The molecule has 0 unspecified atom stereocenters. The summed E-state index contributed by atoms with van der Waals surface area (Å²) in [5, 5.41) is 0. The SMILES string of the molecule is Cc1cc(OCc2ccc(F)cc2)ccc1[B-](F)(F)F. The molecule has 0 saturated heterocycles. The molecule has 106 valence electrons. The fraction of sp³-hybridized carbons (Fsp3) is 0.143. The zero-order valence-electron chi connectivity index (χ0n) is 10.7. The summed E-state index contributed by atoms with van der Waals surface area (Å²) in [5.41, 5.74) is 0.265. The monoisotopic (exact) mass is 283 g/mol. The molecule has 0 amide bonds. The van der Waals surface area contributed by atoms with E-state index >= 15 is 0 Å². The molecule has 0 aromatic heterocycles. The average Bonchev–Trinajstić information content (AvgIpc) is 2.36. The van der Waals surface area contributed by atoms with Gasteiger partial charge in [0.1, 0.15) is 18.2 Å². The van der Waals surface area contributed by atoms with E-state index in [0.717, 1.165) is 11.6 Å². The zero-order valence-corrected chi connectivity index (χ0v) is 10.7. The third kappa shape index (κ3) is 3.53. The van der Waals surface area contributed by atoms with E-state index in [2.05, 4.69) is 0 Å². The van der Waals surface area contributed by atoms with Crippen LogP contribution in [0.25, 0.3) is 0 Å². The minimum absolute atomic E-state index is 0.133. The van der Waals surface area contributed by atoms with Crippen molar-refractivity contribution >= 4 is 12.4 Å². The highest BCUT2D eigenvalue weighted by Crippen LogP contribution is 2.18. The van der Waals surface area contributed by atoms with Crippen molar-refractivity contribution in [2.45, 2.75) is 13.5 Å². The molecule has 20 heavy (non-hydrogen) atoms. The largest absolute Gasteiger partial charge is 0.509 e. The molecular formula is C14H12BF4O-. The van der Waals surface area contributed by atoms with Crippen LogP contribution < -0.4 is 10.2 Å². The Hall–Kier alpha value is -1.98. The number of rotatable bonds is 4. The van der Waals surface area contributed by atoms with Gasteiger partial charge in [0.15, 0.2) is 0 Å². The Morgan fingerprint density at radius 1 is 1.00 bits per heavy atom. The van der Waals surface area contributed by atoms with Crippen LogP contribution in [0.1, 0.15) is 11.1 Å². The van der Waals surface area contributed by atoms with Crippen LogP contribution in [-0.4, -0.2) is 6.98 Å². The van der Waals surface area contributed by atoms with Crippen LogP contribution in [0.4, 0.5) is 17.3 Å². The first-order valence-corrected chi connectivity index (χ1v) is 6.04. The standard InChI is InChI=1S/C14H12BF4O/c1-10-8-13(6-7-14(10)15(17,18)19)20-9-11-2-4-12(16)5-3-11/h2-8H,9H2,1H3/q-1. The van der Waals surface area contributed by atoms with Crippen LogP contribution >= 0.6 is 0 Å². The highest BCUT2D eigenvalue weighted by molar-refractivity contribution is 6.74. The van der Waals surface area contributed by atoms with E-state index in [9.17, 15) is 17.3 Å². The van der Waals surface area contributed by atoms with Crippen LogP contribution in [0.5, 0.6) is 5.75 Å². The number of benzene rings is 2. The molecule has 0 fully saturated rings. The number of ether oxygens (including phenoxy) is 1. The average molecular weight is 283 g/mol. The molecule has 0 radical (unpaired) electrons. The van der Waals surface area contributed by atoms with E-state index in [4.69, 9.17) is 4.74 Å². The second kappa shape index (κ2) is 5.57. The highest BCUT2D eigenvalue weighted by atomic mass is 19.4. The molecule has 0 bridgehead atoms. The maximum absolute atomic E-state index is 12.7. The predicted molar refractivity (Wildman–Crippen MR) is 70.6 cm³/mol. The Morgan fingerprint density at radius 3 is 2.20 bits per heavy atom. The first-order chi connectivity index (χ1) is 9.36. The van der Waals surface area contributed by atoms with Crippen molar-refractivity contribution in [2.24, 2.45) is 0 Å². The van der Waals surface area contributed by atoms with Crippen molar-refractivity contribution < 1.29 is 22.1 Å². The van der Waals surface area contributed by atoms with Gasteiger partial charge in [-0.3, -0.25) is 0 Å². The van der Waals surface area contributed by atoms with Gasteiger partial charge in [-0.05, 0) is 36.8 Å². The van der Waals surface area contributed by atoms with Gasteiger partial charge in [-0.15, -0.1) is 5.46 Å². The van der Waals surface area contributed by atoms with Gasteiger partial charge in [0.25, 0.3) is 0 Å². The first-order valence-electron chi connectivity index (χ1n) is 6.04. The van der Waals surface area contributed by atoms with Gasteiger partial charge in [0.2, 0.25) is 0 Å². The smallest absolute Gasteiger partial charge is 0.489 e. The summed E-state index contributed by atoms with van der Waals surface area (Å²) in [6, 6.07) is 9.41. The number of hydrogen-bond acceptors (Lipinski definition) is 1. The minimum Gasteiger partial charge on any atom is -0.489 e. The van der Waals surface area contributed by atoms with Gasteiger partial charge in [-0.2, -0.15) is 0 Å². The molecule has 6 heteroatoms. The molecule has 0 atom stereocenters. The van der Waals surface area contributed by atoms with Crippen molar-refractivity contribution in [3.8, 4) is 5.75 Å². The molecule has 0 spiro atoms. The van der Waals surface area contributed by atoms with Gasteiger partial charge in [0.05, 0.1) is 0 Å². The normalized spacial score (nSPS) is 11.4. The lowest BCUT2D eigenvalue weighted by Crippen LogP contribution is -2.35. The van der Waals surface area contributed by atoms with E-state index in [-0.39, 0.29) is 18.0 Å². The van der Waals surface area contributed by atoms with Crippen molar-refractivity contribution in [1.29, 1.82) is 0 Å². The third-order valence-corrected chi connectivity index (χ3v) is 2.91. The molecule has 0 N–H and O–H groups in total. The molecule has 0 aliphatic rings. The van der Waals surface area contributed by atoms with Gasteiger partial charge in [0, 0.05) is 0 Å². The highest BCUT2D eigenvalue weighted by Gasteiger charge is 2.27. The van der Waals surface area contributed by atoms with E-state index in [1.54, 1.807) is 12.1 Å². The molecule has 1 nitrogen and oxygen atoms in total. The van der Waals surface area contributed by atoms with E-state index in [1.165, 1.54) is 31.2 Å². The van der Waals surface area contributed by atoms with E-state index < -0.39 is 12.4 Å². The van der Waals surface area contributed by atoms with Gasteiger partial charge < -0.3 is 17.7 Å². The summed E-state index contributed by atoms with van der Waals surface area (Å²) in [5.74, 6) is 0.0111. The van der Waals surface area contributed by atoms with Crippen LogP contribution in [0.15, 0.2) is 42.5 Å². The Bertz CT molecular complexity index is 593. The Balaban J connectivity index is 2.07. The molecule has 0 aliphatic heterocycles. The van der Waals surface area contributed by atoms with Crippen LogP contribution in [0.3, 0.4) is 0 Å². The van der Waals surface area contributed by atoms with Crippen molar-refractivity contribution in [1.82, 2.24) is 0 Å². The summed E-state index contributed by atoms with van der Waals surface area (Å²) in [6.07, 6.45) is 0. The minimum atomic E-state index is -5.00. The van der Waals surface area contributed by atoms with Crippen molar-refractivity contribution in [3.63, 3.8) is 0 Å². The molecule has 0 saturated carbocycles. The van der Waals surface area contributed by atoms with E-state index in [0.29, 0.717) is 5.75 Å². The molecular weight excluding hydrogens is 271 g/mol. The molecule has 2 aromatic rings. The quantitative estimate of drug-likeness (QED) is 0.613. The summed E-state index contributed by atoms with van der Waals surface area (Å²) < 4.78 is 56.1. The lowest BCUT2D eigenvalue weighted by atomic mass is 9.77. The van der Waals surface area contributed by atoms with Crippen LogP contribution in [0.2, 0.25) is 0 Å². The Labute approximate surface area is 114 Å². The van der Waals surface area contributed by atoms with Crippen molar-refractivity contribution in [3.05, 3.63) is 59.4 Å². The fourth-order valence-corrected chi connectivity index (χ4v) is 1.85. The molecule has 0 heterocycles. The van der Waals surface area contributed by atoms with E-state index in [1.807, 2.05) is 0 Å². The third-order valence-electron chi connectivity index (χ3n) is 2.91. The molecule has 2 rings (SSSR count). The summed E-state index contributed by atoms with van der Waals surface area (Å²) in [4.78, 5) is 0. The Morgan fingerprint density at radius 2 is 1.65 bits per heavy atom. The molecule has 2 aromatic carbocycles. The number of aryl methyl sites for hydroxylation is 1. The number of halogens is 4. The fourth-order valence-electron chi connectivity index (χ4n) is 1.85. The zero-order chi connectivity index (χ0) is 14.8. The van der Waals surface area contributed by atoms with Gasteiger partial charge >= 0.3 is 6.98 Å². The maximum atomic E-state index is 12.7. The second-order valence-electron chi connectivity index (χ2n) is 4.51. The van der Waals surface area contributed by atoms with Gasteiger partial charge in [-0.1, -0.05) is 23.8 Å². The first kappa shape index (κ1) is 14.4. The lowest BCUT2D eigenvalue weighted by Gasteiger charge is -2.18.